The van der Waals surface area contributed by atoms with Gasteiger partial charge in [0.25, 0.3) is 5.19 Å². The van der Waals surface area contributed by atoms with E-state index >= 15 is 0 Å². The summed E-state index contributed by atoms with van der Waals surface area (Å²) in [4.78, 5) is 0. The molecule has 0 saturated heterocycles. The topological polar surface area (TPSA) is 55.2 Å². The zero-order valence-electron chi connectivity index (χ0n) is 6.73. The van der Waals surface area contributed by atoms with E-state index in [-0.39, 0.29) is 6.61 Å². The third kappa shape index (κ3) is 2.60. The molecular weight excluding hydrogens is 176 g/mol. The van der Waals surface area contributed by atoms with Crippen LogP contribution in [-0.4, -0.2) is 21.9 Å². The molecule has 0 saturated carbocycles. The van der Waals surface area contributed by atoms with Crippen LogP contribution in [0.1, 0.15) is 11.9 Å². The molecular formula is C7H10N2O2S. The lowest BCUT2D eigenvalue weighted by molar-refractivity contribution is 0.280. The Hall–Kier alpha value is -0.940. The smallest absolute Gasteiger partial charge is 0.294 e. The van der Waals surface area contributed by atoms with E-state index in [4.69, 9.17) is 9.84 Å². The highest BCUT2D eigenvalue weighted by Gasteiger charge is 2.01. The van der Waals surface area contributed by atoms with Crippen molar-refractivity contribution in [1.29, 1.82) is 0 Å². The van der Waals surface area contributed by atoms with Crippen LogP contribution in [0.5, 0.6) is 5.19 Å². The number of rotatable bonds is 4. The summed E-state index contributed by atoms with van der Waals surface area (Å²) < 4.78 is 5.18. The Bertz CT molecular complexity index is 260. The van der Waals surface area contributed by atoms with Crippen molar-refractivity contribution in [2.45, 2.75) is 13.5 Å². The van der Waals surface area contributed by atoms with E-state index in [1.807, 2.05) is 19.1 Å². The first-order valence-electron chi connectivity index (χ1n) is 3.54. The van der Waals surface area contributed by atoms with E-state index in [1.165, 1.54) is 11.3 Å². The Kier molecular flexibility index (Phi) is 3.69. The molecule has 0 bridgehead atoms. The minimum Gasteiger partial charge on any atom is -0.465 e. The first-order valence-corrected chi connectivity index (χ1v) is 4.35. The Morgan fingerprint density at radius 1 is 1.58 bits per heavy atom. The molecule has 0 atom stereocenters. The van der Waals surface area contributed by atoms with Crippen molar-refractivity contribution < 1.29 is 9.84 Å². The van der Waals surface area contributed by atoms with Crippen molar-refractivity contribution in [2.24, 2.45) is 0 Å². The average Bonchev–Trinajstić information content (AvgIpc) is 2.53. The van der Waals surface area contributed by atoms with Crippen molar-refractivity contribution >= 4 is 11.3 Å². The van der Waals surface area contributed by atoms with Gasteiger partial charge in [-0.2, -0.15) is 0 Å². The van der Waals surface area contributed by atoms with Gasteiger partial charge in [0.1, 0.15) is 11.6 Å². The van der Waals surface area contributed by atoms with Gasteiger partial charge in [-0.3, -0.25) is 0 Å². The number of allylic oxidation sites excluding steroid dienone is 1. The molecule has 1 aromatic rings. The van der Waals surface area contributed by atoms with Gasteiger partial charge < -0.3 is 9.84 Å². The maximum absolute atomic E-state index is 8.66. The molecule has 1 aromatic heterocycles. The van der Waals surface area contributed by atoms with Gasteiger partial charge in [-0.1, -0.05) is 28.6 Å². The molecule has 66 valence electrons. The van der Waals surface area contributed by atoms with E-state index in [1.54, 1.807) is 0 Å². The lowest BCUT2D eigenvalue weighted by atomic mass is 10.6. The third-order valence-electron chi connectivity index (χ3n) is 1.12. The molecule has 0 aliphatic heterocycles. The number of nitrogens with zero attached hydrogens (tertiary/aromatic N) is 2. The fraction of sp³-hybridized carbons (Fsp3) is 0.429. The summed E-state index contributed by atoms with van der Waals surface area (Å²) in [6, 6.07) is 0. The number of aliphatic hydroxyl groups is 1. The van der Waals surface area contributed by atoms with Gasteiger partial charge in [0.15, 0.2) is 0 Å². The van der Waals surface area contributed by atoms with E-state index < -0.39 is 0 Å². The zero-order chi connectivity index (χ0) is 8.81. The van der Waals surface area contributed by atoms with Crippen LogP contribution < -0.4 is 4.74 Å². The molecule has 0 aliphatic carbocycles. The minimum atomic E-state index is -0.0787. The number of hydrogen-bond acceptors (Lipinski definition) is 5. The van der Waals surface area contributed by atoms with Gasteiger partial charge in [0.2, 0.25) is 0 Å². The minimum absolute atomic E-state index is 0.0787. The van der Waals surface area contributed by atoms with Crippen LogP contribution in [0.2, 0.25) is 0 Å². The predicted octanol–water partition coefficient (Wildman–Crippen LogP) is 0.985. The van der Waals surface area contributed by atoms with Crippen LogP contribution in [0.15, 0.2) is 12.2 Å². The second-order valence-corrected chi connectivity index (χ2v) is 3.02. The van der Waals surface area contributed by atoms with Crippen LogP contribution in [-0.2, 0) is 6.61 Å². The Morgan fingerprint density at radius 3 is 3.00 bits per heavy atom. The summed E-state index contributed by atoms with van der Waals surface area (Å²) in [5.41, 5.74) is 0. The molecule has 0 amide bonds. The molecule has 0 fully saturated rings. The highest BCUT2D eigenvalue weighted by molar-refractivity contribution is 7.13. The molecule has 1 rings (SSSR count). The lowest BCUT2D eigenvalue weighted by Crippen LogP contribution is -1.91. The summed E-state index contributed by atoms with van der Waals surface area (Å²) >= 11 is 1.25. The van der Waals surface area contributed by atoms with Gasteiger partial charge in [-0.05, 0) is 6.92 Å². The molecule has 1 N–H and O–H groups in total. The van der Waals surface area contributed by atoms with Crippen molar-refractivity contribution in [3.63, 3.8) is 0 Å². The Morgan fingerprint density at radius 2 is 2.42 bits per heavy atom. The summed E-state index contributed by atoms with van der Waals surface area (Å²) in [6.45, 7) is 2.34. The molecule has 4 nitrogen and oxygen atoms in total. The number of aliphatic hydroxyl groups excluding tert-OH is 1. The van der Waals surface area contributed by atoms with Crippen molar-refractivity contribution in [3.05, 3.63) is 17.2 Å². The van der Waals surface area contributed by atoms with Gasteiger partial charge in [0.05, 0.1) is 6.61 Å². The zero-order valence-corrected chi connectivity index (χ0v) is 7.54. The summed E-state index contributed by atoms with van der Waals surface area (Å²) in [6.07, 6.45) is 3.77. The monoisotopic (exact) mass is 186 g/mol. The second-order valence-electron chi connectivity index (χ2n) is 2.00. The van der Waals surface area contributed by atoms with Crippen molar-refractivity contribution in [3.8, 4) is 5.19 Å². The largest absolute Gasteiger partial charge is 0.465 e. The molecule has 0 aromatic carbocycles. The molecule has 5 heteroatoms. The maximum Gasteiger partial charge on any atom is 0.294 e. The fourth-order valence-electron chi connectivity index (χ4n) is 0.576. The molecule has 0 spiro atoms. The molecule has 0 aliphatic rings. The number of hydrogen-bond donors (Lipinski definition) is 1. The average molecular weight is 186 g/mol. The molecule has 0 unspecified atom stereocenters. The van der Waals surface area contributed by atoms with Crippen molar-refractivity contribution in [1.82, 2.24) is 10.2 Å². The van der Waals surface area contributed by atoms with Crippen LogP contribution in [0.4, 0.5) is 0 Å². The Balaban J connectivity index is 2.41. The SMILES string of the molecule is C/C=C/COc1nnc(CO)s1. The summed E-state index contributed by atoms with van der Waals surface area (Å²) in [5.74, 6) is 0. The van der Waals surface area contributed by atoms with Crippen LogP contribution >= 0.6 is 11.3 Å². The highest BCUT2D eigenvalue weighted by Crippen LogP contribution is 2.17. The van der Waals surface area contributed by atoms with Crippen LogP contribution in [0.3, 0.4) is 0 Å². The maximum atomic E-state index is 8.66. The second kappa shape index (κ2) is 4.84. The first kappa shape index (κ1) is 9.15. The van der Waals surface area contributed by atoms with Gasteiger partial charge >= 0.3 is 0 Å². The normalized spacial score (nSPS) is 10.8. The third-order valence-corrected chi connectivity index (χ3v) is 1.94. The van der Waals surface area contributed by atoms with E-state index in [9.17, 15) is 0 Å². The van der Waals surface area contributed by atoms with Gasteiger partial charge in [-0.25, -0.2) is 0 Å². The van der Waals surface area contributed by atoms with E-state index in [0.717, 1.165) is 0 Å². The quantitative estimate of drug-likeness (QED) is 0.712. The summed E-state index contributed by atoms with van der Waals surface area (Å²) in [7, 11) is 0. The predicted molar refractivity (Wildman–Crippen MR) is 46.1 cm³/mol. The van der Waals surface area contributed by atoms with Crippen LogP contribution in [0.25, 0.3) is 0 Å². The number of ether oxygens (including phenoxy) is 1. The van der Waals surface area contributed by atoms with Gasteiger partial charge in [-0.15, -0.1) is 5.10 Å². The fourth-order valence-corrected chi connectivity index (χ4v) is 1.13. The highest BCUT2D eigenvalue weighted by atomic mass is 32.1. The van der Waals surface area contributed by atoms with Crippen LogP contribution in [0, 0.1) is 0 Å². The Labute approximate surface area is 74.5 Å². The number of aromatic nitrogens is 2. The standard InChI is InChI=1S/C7H10N2O2S/c1-2-3-4-11-7-9-8-6(5-10)12-7/h2-3,10H,4-5H2,1H3/b3-2+. The summed E-state index contributed by atoms with van der Waals surface area (Å²) in [5, 5.41) is 17.1. The van der Waals surface area contributed by atoms with E-state index in [2.05, 4.69) is 10.2 Å². The molecule has 12 heavy (non-hydrogen) atoms. The molecule has 0 radical (unpaired) electrons. The van der Waals surface area contributed by atoms with Crippen molar-refractivity contribution in [2.75, 3.05) is 6.61 Å². The van der Waals surface area contributed by atoms with Gasteiger partial charge in [0, 0.05) is 0 Å². The lowest BCUT2D eigenvalue weighted by Gasteiger charge is -1.93. The van der Waals surface area contributed by atoms with E-state index in [0.29, 0.717) is 16.8 Å². The first-order chi connectivity index (χ1) is 5.86. The molecule has 1 heterocycles.